The number of aromatic nitrogens is 3. The molecule has 0 amide bonds. The van der Waals surface area contributed by atoms with Gasteiger partial charge in [0.2, 0.25) is 0 Å². The maximum Gasteiger partial charge on any atom is 0.417 e. The minimum Gasteiger partial charge on any atom is -0.337 e. The van der Waals surface area contributed by atoms with Gasteiger partial charge in [0, 0.05) is 16.2 Å². The van der Waals surface area contributed by atoms with E-state index in [0.717, 1.165) is 6.07 Å². The molecule has 0 aliphatic rings. The van der Waals surface area contributed by atoms with Crippen LogP contribution in [0, 0.1) is 0 Å². The van der Waals surface area contributed by atoms with Crippen LogP contribution in [0.5, 0.6) is 0 Å². The first-order valence-corrected chi connectivity index (χ1v) is 6.42. The van der Waals surface area contributed by atoms with E-state index >= 15 is 0 Å². The first-order valence-electron chi connectivity index (χ1n) is 5.63. The molecule has 0 aliphatic carbocycles. The molecule has 0 fully saturated rings. The molecule has 102 valence electrons. The maximum absolute atomic E-state index is 12.9. The second-order valence-electron chi connectivity index (χ2n) is 4.15. The van der Waals surface area contributed by atoms with Crippen LogP contribution in [-0.4, -0.2) is 15.0 Å². The Morgan fingerprint density at radius 2 is 1.95 bits per heavy atom. The Labute approximate surface area is 120 Å². The molecule has 0 bridgehead atoms. The zero-order valence-electron chi connectivity index (χ0n) is 9.87. The number of hydrogen-bond acceptors (Lipinski definition) is 2. The molecule has 0 spiro atoms. The van der Waals surface area contributed by atoms with Crippen molar-refractivity contribution >= 4 is 27.1 Å². The van der Waals surface area contributed by atoms with Gasteiger partial charge in [0.15, 0.2) is 5.65 Å². The van der Waals surface area contributed by atoms with Gasteiger partial charge in [-0.05, 0) is 24.3 Å². The van der Waals surface area contributed by atoms with Gasteiger partial charge in [0.1, 0.15) is 5.82 Å². The number of hydrogen-bond donors (Lipinski definition) is 1. The second kappa shape index (κ2) is 4.59. The fourth-order valence-corrected chi connectivity index (χ4v) is 2.34. The van der Waals surface area contributed by atoms with Gasteiger partial charge in [-0.3, -0.25) is 0 Å². The lowest BCUT2D eigenvalue weighted by Crippen LogP contribution is -2.06. The Morgan fingerprint density at radius 3 is 2.65 bits per heavy atom. The molecule has 0 radical (unpaired) electrons. The van der Waals surface area contributed by atoms with Crippen LogP contribution in [0.25, 0.3) is 22.6 Å². The van der Waals surface area contributed by atoms with Crippen molar-refractivity contribution in [1.82, 2.24) is 15.0 Å². The number of alkyl halides is 3. The van der Waals surface area contributed by atoms with Crippen molar-refractivity contribution in [2.45, 2.75) is 6.18 Å². The van der Waals surface area contributed by atoms with E-state index < -0.39 is 11.7 Å². The van der Waals surface area contributed by atoms with Crippen LogP contribution in [0.2, 0.25) is 0 Å². The van der Waals surface area contributed by atoms with Crippen molar-refractivity contribution in [3.63, 3.8) is 0 Å². The van der Waals surface area contributed by atoms with E-state index in [-0.39, 0.29) is 4.47 Å². The molecule has 1 aromatic carbocycles. The lowest BCUT2D eigenvalue weighted by atomic mass is 10.1. The predicted octanol–water partition coefficient (Wildman–Crippen LogP) is 4.41. The van der Waals surface area contributed by atoms with E-state index in [1.165, 1.54) is 6.07 Å². The van der Waals surface area contributed by atoms with Gasteiger partial charge in [0.25, 0.3) is 0 Å². The summed E-state index contributed by atoms with van der Waals surface area (Å²) in [5, 5.41) is 0. The molecule has 0 aliphatic heterocycles. The molecule has 1 N–H and O–H groups in total. The quantitative estimate of drug-likeness (QED) is 0.712. The summed E-state index contributed by atoms with van der Waals surface area (Å²) in [5.74, 6) is 0.358. The third-order valence-electron chi connectivity index (χ3n) is 2.80. The van der Waals surface area contributed by atoms with Crippen LogP contribution in [0.1, 0.15) is 5.56 Å². The van der Waals surface area contributed by atoms with Crippen molar-refractivity contribution in [3.05, 3.63) is 46.6 Å². The normalized spacial score (nSPS) is 12.0. The molecule has 0 saturated heterocycles. The summed E-state index contributed by atoms with van der Waals surface area (Å²) in [7, 11) is 0. The highest BCUT2D eigenvalue weighted by Gasteiger charge is 2.33. The van der Waals surface area contributed by atoms with E-state index in [4.69, 9.17) is 0 Å². The number of halogens is 4. The summed E-state index contributed by atoms with van der Waals surface area (Å²) >= 11 is 2.91. The largest absolute Gasteiger partial charge is 0.417 e. The van der Waals surface area contributed by atoms with Crippen LogP contribution in [0.3, 0.4) is 0 Å². The molecule has 20 heavy (non-hydrogen) atoms. The second-order valence-corrected chi connectivity index (χ2v) is 5.01. The van der Waals surface area contributed by atoms with Crippen molar-refractivity contribution in [2.75, 3.05) is 0 Å². The highest BCUT2D eigenvalue weighted by Crippen LogP contribution is 2.37. The molecule has 0 atom stereocenters. The standard InChI is InChI=1S/C13H7BrF3N3/c14-9-4-3-7(6-8(9)13(15,16)17)11-19-10-2-1-5-18-12(10)20-11/h1-6H,(H,18,19,20). The Balaban J connectivity index is 2.14. The van der Waals surface area contributed by atoms with E-state index in [0.29, 0.717) is 22.6 Å². The van der Waals surface area contributed by atoms with Gasteiger partial charge >= 0.3 is 6.18 Å². The number of fused-ring (bicyclic) bond motifs is 1. The van der Waals surface area contributed by atoms with Crippen molar-refractivity contribution < 1.29 is 13.2 Å². The van der Waals surface area contributed by atoms with Gasteiger partial charge in [-0.1, -0.05) is 22.0 Å². The van der Waals surface area contributed by atoms with E-state index in [1.807, 2.05) is 0 Å². The average Bonchev–Trinajstić information content (AvgIpc) is 2.81. The highest BCUT2D eigenvalue weighted by atomic mass is 79.9. The smallest absolute Gasteiger partial charge is 0.337 e. The first kappa shape index (κ1) is 13.1. The van der Waals surface area contributed by atoms with Gasteiger partial charge in [-0.15, -0.1) is 0 Å². The molecule has 2 aromatic heterocycles. The van der Waals surface area contributed by atoms with Gasteiger partial charge < -0.3 is 4.98 Å². The fraction of sp³-hybridized carbons (Fsp3) is 0.0769. The van der Waals surface area contributed by atoms with Crippen LogP contribution in [0.4, 0.5) is 13.2 Å². The van der Waals surface area contributed by atoms with Crippen LogP contribution in [0.15, 0.2) is 41.0 Å². The monoisotopic (exact) mass is 341 g/mol. The lowest BCUT2D eigenvalue weighted by Gasteiger charge is -2.10. The number of pyridine rings is 1. The predicted molar refractivity (Wildman–Crippen MR) is 72.0 cm³/mol. The maximum atomic E-state index is 12.9. The molecule has 2 heterocycles. The number of imidazole rings is 1. The summed E-state index contributed by atoms with van der Waals surface area (Å²) in [6.45, 7) is 0. The fourth-order valence-electron chi connectivity index (χ4n) is 1.87. The number of rotatable bonds is 1. The van der Waals surface area contributed by atoms with Crippen LogP contribution in [-0.2, 0) is 6.18 Å². The van der Waals surface area contributed by atoms with Crippen LogP contribution >= 0.6 is 15.9 Å². The first-order chi connectivity index (χ1) is 9.45. The van der Waals surface area contributed by atoms with E-state index in [1.54, 1.807) is 24.4 Å². The number of benzene rings is 1. The summed E-state index contributed by atoms with van der Waals surface area (Å²) < 4.78 is 38.6. The third-order valence-corrected chi connectivity index (χ3v) is 3.49. The number of nitrogens with zero attached hydrogens (tertiary/aromatic N) is 2. The minimum absolute atomic E-state index is 0.00276. The van der Waals surface area contributed by atoms with Crippen molar-refractivity contribution in [1.29, 1.82) is 0 Å². The number of nitrogens with one attached hydrogen (secondary N) is 1. The van der Waals surface area contributed by atoms with Crippen molar-refractivity contribution in [2.24, 2.45) is 0 Å². The summed E-state index contributed by atoms with van der Waals surface area (Å²) in [6, 6.07) is 7.48. The topological polar surface area (TPSA) is 41.6 Å². The number of H-pyrrole nitrogens is 1. The highest BCUT2D eigenvalue weighted by molar-refractivity contribution is 9.10. The molecule has 3 rings (SSSR count). The summed E-state index contributed by atoms with van der Waals surface area (Å²) in [4.78, 5) is 11.2. The van der Waals surface area contributed by atoms with E-state index in [2.05, 4.69) is 30.9 Å². The summed E-state index contributed by atoms with van der Waals surface area (Å²) in [6.07, 6.45) is -2.84. The van der Waals surface area contributed by atoms with E-state index in [9.17, 15) is 13.2 Å². The molecule has 0 saturated carbocycles. The summed E-state index contributed by atoms with van der Waals surface area (Å²) in [5.41, 5.74) is 0.778. The zero-order chi connectivity index (χ0) is 14.3. The Morgan fingerprint density at radius 1 is 1.15 bits per heavy atom. The Hall–Kier alpha value is -1.89. The minimum atomic E-state index is -4.42. The van der Waals surface area contributed by atoms with Crippen molar-refractivity contribution in [3.8, 4) is 11.4 Å². The number of aromatic amines is 1. The zero-order valence-corrected chi connectivity index (χ0v) is 11.5. The van der Waals surface area contributed by atoms with Gasteiger partial charge in [-0.25, -0.2) is 9.97 Å². The lowest BCUT2D eigenvalue weighted by molar-refractivity contribution is -0.138. The molecule has 7 heteroatoms. The van der Waals surface area contributed by atoms with Gasteiger partial charge in [-0.2, -0.15) is 13.2 Å². The molecular formula is C13H7BrF3N3. The molecule has 0 unspecified atom stereocenters. The van der Waals surface area contributed by atoms with Crippen LogP contribution < -0.4 is 0 Å². The Bertz CT molecular complexity index is 747. The molecular weight excluding hydrogens is 335 g/mol. The molecule has 3 nitrogen and oxygen atoms in total. The SMILES string of the molecule is FC(F)(F)c1cc(-c2nc3ncccc3[nH]2)ccc1Br. The molecule has 3 aromatic rings. The van der Waals surface area contributed by atoms with Gasteiger partial charge in [0.05, 0.1) is 11.1 Å². The third kappa shape index (κ3) is 2.29. The average molecular weight is 342 g/mol. The Kier molecular flexibility index (Phi) is 3.01.